The fourth-order valence-corrected chi connectivity index (χ4v) is 6.37. The first-order valence-electron chi connectivity index (χ1n) is 13.3. The van der Waals surface area contributed by atoms with E-state index in [1.807, 2.05) is 31.7 Å². The van der Waals surface area contributed by atoms with E-state index < -0.39 is 11.7 Å². The predicted octanol–water partition coefficient (Wildman–Crippen LogP) is 2.90. The Labute approximate surface area is 212 Å². The van der Waals surface area contributed by atoms with E-state index in [0.29, 0.717) is 49.3 Å². The minimum Gasteiger partial charge on any atom is -0.443 e. The average Bonchev–Trinajstić information content (AvgIpc) is 3.46. The molecule has 2 aliphatic carbocycles. The van der Waals surface area contributed by atoms with Gasteiger partial charge in [-0.2, -0.15) is 0 Å². The molecule has 0 spiro atoms. The SMILES string of the molecule is CC(C)(C)OC(=O)N1CCc2cc(C(=O)N3C[C@@H]4CC[C@H]3[C@@H](C(=O)NC[C@H]3CC[C@@H](O)C3)C4)cnc21. The number of nitrogens with one attached hydrogen (secondary N) is 1. The highest BCUT2D eigenvalue weighted by molar-refractivity contribution is 5.96. The van der Waals surface area contributed by atoms with E-state index in [1.54, 1.807) is 6.20 Å². The number of fused-ring (bicyclic) bond motifs is 4. The molecule has 5 atom stereocenters. The van der Waals surface area contributed by atoms with E-state index in [0.717, 1.165) is 44.1 Å². The van der Waals surface area contributed by atoms with Crippen LogP contribution in [0.4, 0.5) is 10.6 Å². The summed E-state index contributed by atoms with van der Waals surface area (Å²) in [6.07, 6.45) is 6.69. The topological polar surface area (TPSA) is 112 Å². The number of pyridine rings is 1. The fourth-order valence-electron chi connectivity index (χ4n) is 6.37. The summed E-state index contributed by atoms with van der Waals surface area (Å²) in [5.74, 6) is 0.956. The van der Waals surface area contributed by atoms with Crippen LogP contribution in [0.25, 0.3) is 0 Å². The van der Waals surface area contributed by atoms with Gasteiger partial charge in [0.1, 0.15) is 11.4 Å². The van der Waals surface area contributed by atoms with Crippen molar-refractivity contribution in [2.45, 2.75) is 83.5 Å². The van der Waals surface area contributed by atoms with E-state index in [-0.39, 0.29) is 29.9 Å². The zero-order chi connectivity index (χ0) is 25.6. The van der Waals surface area contributed by atoms with Crippen molar-refractivity contribution in [1.29, 1.82) is 0 Å². The van der Waals surface area contributed by atoms with Crippen LogP contribution in [0.15, 0.2) is 12.3 Å². The van der Waals surface area contributed by atoms with Gasteiger partial charge in [-0.1, -0.05) is 0 Å². The standard InChI is InChI=1S/C27H38N4O5/c1-27(2,3)36-26(35)30-9-8-18-12-19(14-28-23(18)30)25(34)31-15-17-5-7-22(31)21(11-17)24(33)29-13-16-4-6-20(32)10-16/h12,14,16-17,20-22,32H,4-11,13,15H2,1-3H3,(H,29,33)/t16-,17+,20+,21-,22-/m0/s1. The Morgan fingerprint density at radius 2 is 1.97 bits per heavy atom. The fraction of sp³-hybridized carbons (Fsp3) is 0.704. The van der Waals surface area contributed by atoms with Gasteiger partial charge >= 0.3 is 6.09 Å². The summed E-state index contributed by atoms with van der Waals surface area (Å²) in [5, 5.41) is 12.9. The van der Waals surface area contributed by atoms with Gasteiger partial charge in [0.05, 0.1) is 17.6 Å². The first-order chi connectivity index (χ1) is 17.1. The number of aliphatic hydroxyl groups is 1. The highest BCUT2D eigenvalue weighted by Crippen LogP contribution is 2.40. The number of nitrogens with zero attached hydrogens (tertiary/aromatic N) is 3. The van der Waals surface area contributed by atoms with E-state index in [9.17, 15) is 19.5 Å². The lowest BCUT2D eigenvalue weighted by Crippen LogP contribution is -2.58. The Hall–Kier alpha value is -2.68. The molecule has 9 nitrogen and oxygen atoms in total. The Balaban J connectivity index is 1.25. The minimum absolute atomic E-state index is 0.0312. The molecule has 6 rings (SSSR count). The normalized spacial score (nSPS) is 29.3. The number of hydrogen-bond acceptors (Lipinski definition) is 6. The summed E-state index contributed by atoms with van der Waals surface area (Å²) in [6.45, 7) is 7.23. The van der Waals surface area contributed by atoms with Gasteiger partial charge in [-0.05, 0) is 89.2 Å². The van der Waals surface area contributed by atoms with Crippen LogP contribution in [0.1, 0.15) is 75.2 Å². The van der Waals surface area contributed by atoms with Crippen LogP contribution in [-0.4, -0.2) is 70.3 Å². The van der Waals surface area contributed by atoms with Gasteiger partial charge in [0.2, 0.25) is 5.91 Å². The molecule has 0 radical (unpaired) electrons. The highest BCUT2D eigenvalue weighted by atomic mass is 16.6. The lowest BCUT2D eigenvalue weighted by molar-refractivity contribution is -0.131. The second kappa shape index (κ2) is 9.65. The quantitative estimate of drug-likeness (QED) is 0.660. The molecule has 3 amide bonds. The average molecular weight is 499 g/mol. The van der Waals surface area contributed by atoms with Gasteiger partial charge in [0, 0.05) is 31.9 Å². The molecule has 2 bridgehead atoms. The minimum atomic E-state index is -0.593. The number of carbonyl (C=O) groups excluding carboxylic acids is 3. The monoisotopic (exact) mass is 498 g/mol. The van der Waals surface area contributed by atoms with Gasteiger partial charge in [0.25, 0.3) is 5.91 Å². The van der Waals surface area contributed by atoms with Gasteiger partial charge in [-0.15, -0.1) is 0 Å². The lowest BCUT2D eigenvalue weighted by atomic mass is 9.72. The Bertz CT molecular complexity index is 1040. The van der Waals surface area contributed by atoms with Crippen molar-refractivity contribution in [3.63, 3.8) is 0 Å². The molecule has 4 fully saturated rings. The number of hydrogen-bond donors (Lipinski definition) is 2. The predicted molar refractivity (Wildman–Crippen MR) is 134 cm³/mol. The molecule has 196 valence electrons. The van der Waals surface area contributed by atoms with E-state index in [2.05, 4.69) is 10.3 Å². The van der Waals surface area contributed by atoms with Crippen molar-refractivity contribution in [1.82, 2.24) is 15.2 Å². The molecule has 2 N–H and O–H groups in total. The second-order valence-electron chi connectivity index (χ2n) is 12.0. The van der Waals surface area contributed by atoms with Gasteiger partial charge in [0.15, 0.2) is 0 Å². The van der Waals surface area contributed by atoms with Crippen molar-refractivity contribution < 1.29 is 24.2 Å². The van der Waals surface area contributed by atoms with Crippen LogP contribution >= 0.6 is 0 Å². The third kappa shape index (κ3) is 5.08. The number of piperidine rings is 2. The molecular formula is C27H38N4O5. The molecule has 0 unspecified atom stereocenters. The van der Waals surface area contributed by atoms with Crippen molar-refractivity contribution in [3.05, 3.63) is 23.4 Å². The summed E-state index contributed by atoms with van der Waals surface area (Å²) in [7, 11) is 0. The molecule has 1 aromatic rings. The number of ether oxygens (including phenoxy) is 1. The maximum atomic E-state index is 13.6. The van der Waals surface area contributed by atoms with E-state index in [1.165, 1.54) is 4.90 Å². The van der Waals surface area contributed by atoms with Crippen LogP contribution in [0.3, 0.4) is 0 Å². The number of aliphatic hydroxyl groups excluding tert-OH is 1. The first kappa shape index (κ1) is 25.0. The number of aromatic nitrogens is 1. The van der Waals surface area contributed by atoms with Gasteiger partial charge < -0.3 is 20.1 Å². The molecule has 1 aromatic heterocycles. The molecule has 5 aliphatic rings. The van der Waals surface area contributed by atoms with Crippen molar-refractivity contribution >= 4 is 23.7 Å². The Kier molecular flexibility index (Phi) is 6.70. The summed E-state index contributed by atoms with van der Waals surface area (Å²) < 4.78 is 5.50. The van der Waals surface area contributed by atoms with Crippen molar-refractivity contribution in [2.24, 2.45) is 17.8 Å². The maximum absolute atomic E-state index is 13.6. The Morgan fingerprint density at radius 3 is 2.67 bits per heavy atom. The summed E-state index contributed by atoms with van der Waals surface area (Å²) in [5.41, 5.74) is 0.776. The number of amides is 3. The number of carbonyl (C=O) groups is 3. The van der Waals surface area contributed by atoms with Crippen LogP contribution in [0.2, 0.25) is 0 Å². The van der Waals surface area contributed by atoms with Crippen LogP contribution < -0.4 is 10.2 Å². The van der Waals surface area contributed by atoms with Crippen LogP contribution in [0, 0.1) is 17.8 Å². The first-order valence-corrected chi connectivity index (χ1v) is 13.3. The van der Waals surface area contributed by atoms with E-state index >= 15 is 0 Å². The van der Waals surface area contributed by atoms with Crippen molar-refractivity contribution in [3.8, 4) is 0 Å². The summed E-state index contributed by atoms with van der Waals surface area (Å²) in [6, 6.07) is 1.74. The number of rotatable bonds is 4. The smallest absolute Gasteiger partial charge is 0.416 e. The molecule has 9 heteroatoms. The third-order valence-corrected chi connectivity index (χ3v) is 8.12. The number of anilines is 1. The lowest BCUT2D eigenvalue weighted by Gasteiger charge is -2.49. The van der Waals surface area contributed by atoms with Crippen LogP contribution in [0.5, 0.6) is 0 Å². The largest absolute Gasteiger partial charge is 0.443 e. The third-order valence-electron chi connectivity index (χ3n) is 8.12. The maximum Gasteiger partial charge on any atom is 0.416 e. The van der Waals surface area contributed by atoms with Gasteiger partial charge in [-0.3, -0.25) is 14.5 Å². The highest BCUT2D eigenvalue weighted by Gasteiger charge is 2.46. The molecule has 2 saturated heterocycles. The molecule has 36 heavy (non-hydrogen) atoms. The van der Waals surface area contributed by atoms with Crippen LogP contribution in [-0.2, 0) is 16.0 Å². The molecule has 0 aromatic carbocycles. The van der Waals surface area contributed by atoms with Crippen molar-refractivity contribution in [2.75, 3.05) is 24.5 Å². The zero-order valence-electron chi connectivity index (χ0n) is 21.5. The molecule has 3 aliphatic heterocycles. The molecular weight excluding hydrogens is 460 g/mol. The van der Waals surface area contributed by atoms with Gasteiger partial charge in [-0.25, -0.2) is 9.78 Å². The molecule has 4 heterocycles. The zero-order valence-corrected chi connectivity index (χ0v) is 21.5. The summed E-state index contributed by atoms with van der Waals surface area (Å²) >= 11 is 0. The molecule has 2 saturated carbocycles. The van der Waals surface area contributed by atoms with E-state index in [4.69, 9.17) is 4.74 Å². The summed E-state index contributed by atoms with van der Waals surface area (Å²) in [4.78, 5) is 47.2. The Morgan fingerprint density at radius 1 is 1.17 bits per heavy atom. The second-order valence-corrected chi connectivity index (χ2v) is 12.0.